The number of hydrogen-bond donors (Lipinski definition) is 2. The van der Waals surface area contributed by atoms with Gasteiger partial charge in [-0.1, -0.05) is 24.3 Å². The average molecular weight is 407 g/mol. The summed E-state index contributed by atoms with van der Waals surface area (Å²) in [4.78, 5) is 13.3. The Hall–Kier alpha value is -2.15. The molecule has 1 amide bonds. The molecule has 1 fully saturated rings. The molecule has 1 aromatic heterocycles. The van der Waals surface area contributed by atoms with E-state index in [1.807, 2.05) is 36.4 Å². The number of amides is 1. The van der Waals surface area contributed by atoms with E-state index in [2.05, 4.69) is 10.6 Å². The molecule has 2 heterocycles. The summed E-state index contributed by atoms with van der Waals surface area (Å²) in [5, 5.41) is 6.75. The van der Waals surface area contributed by atoms with E-state index < -0.39 is 0 Å². The van der Waals surface area contributed by atoms with Crippen LogP contribution < -0.4 is 15.4 Å². The van der Waals surface area contributed by atoms with Gasteiger partial charge in [0, 0.05) is 28.2 Å². The fraction of sp³-hybridized carbons (Fsp3) is 0.250. The lowest BCUT2D eigenvalue weighted by atomic mass is 10.1. The van der Waals surface area contributed by atoms with Crippen LogP contribution in [0.25, 0.3) is 10.1 Å². The molecule has 1 atom stereocenters. The molecule has 0 saturated carbocycles. The standard InChI is InChI=1S/C20H19FN2O2S.ClH/c21-16-7-4-8-17-18(16)15(12-25-14-5-2-1-3-6-14)19(26-17)20(24)23-13-9-10-22-11-13;/h1-8,13,22H,9-12H2,(H,23,24);1H. The molecule has 4 nitrogen and oxygen atoms in total. The molecule has 0 aliphatic carbocycles. The quantitative estimate of drug-likeness (QED) is 0.669. The largest absolute Gasteiger partial charge is 0.489 e. The van der Waals surface area contributed by atoms with Crippen LogP contribution in [-0.2, 0) is 6.61 Å². The number of benzene rings is 2. The molecule has 7 heteroatoms. The molecule has 2 N–H and O–H groups in total. The number of halogens is 2. The summed E-state index contributed by atoms with van der Waals surface area (Å²) in [5.74, 6) is 0.201. The number of fused-ring (bicyclic) bond motifs is 1. The smallest absolute Gasteiger partial charge is 0.262 e. The summed E-state index contributed by atoms with van der Waals surface area (Å²) >= 11 is 1.31. The maximum Gasteiger partial charge on any atom is 0.262 e. The summed E-state index contributed by atoms with van der Waals surface area (Å²) < 4.78 is 21.0. The highest BCUT2D eigenvalue weighted by molar-refractivity contribution is 7.21. The van der Waals surface area contributed by atoms with Crippen molar-refractivity contribution in [2.75, 3.05) is 13.1 Å². The van der Waals surface area contributed by atoms with E-state index >= 15 is 0 Å². The average Bonchev–Trinajstić information content (AvgIpc) is 3.29. The molecule has 2 aromatic carbocycles. The van der Waals surface area contributed by atoms with Crippen LogP contribution >= 0.6 is 23.7 Å². The van der Waals surface area contributed by atoms with Gasteiger partial charge in [0.1, 0.15) is 18.2 Å². The minimum Gasteiger partial charge on any atom is -0.489 e. The minimum absolute atomic E-state index is 0. The molecular formula is C20H20ClFN2O2S. The number of rotatable bonds is 5. The highest BCUT2D eigenvalue weighted by atomic mass is 35.5. The Bertz CT molecular complexity index is 926. The second kappa shape index (κ2) is 8.69. The van der Waals surface area contributed by atoms with Crippen molar-refractivity contribution in [2.24, 2.45) is 0 Å². The number of nitrogens with one attached hydrogen (secondary N) is 2. The highest BCUT2D eigenvalue weighted by Crippen LogP contribution is 2.34. The molecule has 1 saturated heterocycles. The number of thiophene rings is 1. The SMILES string of the molecule is Cl.O=C(NC1CCNC1)c1sc2cccc(F)c2c1COc1ccccc1. The van der Waals surface area contributed by atoms with Crippen molar-refractivity contribution in [1.29, 1.82) is 0 Å². The van der Waals surface area contributed by atoms with Crippen LogP contribution in [0.2, 0.25) is 0 Å². The van der Waals surface area contributed by atoms with Gasteiger partial charge in [0.05, 0.1) is 4.88 Å². The van der Waals surface area contributed by atoms with Gasteiger partial charge < -0.3 is 15.4 Å². The van der Waals surface area contributed by atoms with Crippen LogP contribution in [-0.4, -0.2) is 25.0 Å². The van der Waals surface area contributed by atoms with Crippen LogP contribution in [0.1, 0.15) is 21.7 Å². The van der Waals surface area contributed by atoms with E-state index in [4.69, 9.17) is 4.74 Å². The zero-order chi connectivity index (χ0) is 17.9. The van der Waals surface area contributed by atoms with Gasteiger partial charge in [-0.25, -0.2) is 4.39 Å². The fourth-order valence-electron chi connectivity index (χ4n) is 3.19. The first-order valence-electron chi connectivity index (χ1n) is 8.61. The zero-order valence-corrected chi connectivity index (χ0v) is 16.2. The molecule has 1 aliphatic rings. The predicted octanol–water partition coefficient (Wildman–Crippen LogP) is 4.13. The Morgan fingerprint density at radius 2 is 2.04 bits per heavy atom. The third kappa shape index (κ3) is 4.24. The maximum atomic E-state index is 14.5. The van der Waals surface area contributed by atoms with Crippen molar-refractivity contribution in [3.05, 3.63) is 64.8 Å². The number of carbonyl (C=O) groups excluding carboxylic acids is 1. The van der Waals surface area contributed by atoms with Crippen molar-refractivity contribution in [3.8, 4) is 5.75 Å². The van der Waals surface area contributed by atoms with Gasteiger partial charge in [0.15, 0.2) is 0 Å². The second-order valence-electron chi connectivity index (χ2n) is 6.29. The molecule has 142 valence electrons. The molecule has 1 aliphatic heterocycles. The van der Waals surface area contributed by atoms with Crippen molar-refractivity contribution in [1.82, 2.24) is 10.6 Å². The molecule has 0 radical (unpaired) electrons. The molecule has 1 unspecified atom stereocenters. The Kier molecular flexibility index (Phi) is 6.31. The van der Waals surface area contributed by atoms with E-state index in [0.717, 1.165) is 24.2 Å². The van der Waals surface area contributed by atoms with Gasteiger partial charge in [-0.2, -0.15) is 0 Å². The first-order valence-corrected chi connectivity index (χ1v) is 9.43. The Labute approximate surface area is 167 Å². The molecule has 4 rings (SSSR count). The first kappa shape index (κ1) is 19.6. The van der Waals surface area contributed by atoms with Crippen molar-refractivity contribution < 1.29 is 13.9 Å². The topological polar surface area (TPSA) is 50.4 Å². The number of ether oxygens (including phenoxy) is 1. The number of carbonyl (C=O) groups is 1. The van der Waals surface area contributed by atoms with Gasteiger partial charge >= 0.3 is 0 Å². The summed E-state index contributed by atoms with van der Waals surface area (Å²) in [5.41, 5.74) is 0.607. The van der Waals surface area contributed by atoms with Crippen molar-refractivity contribution >= 4 is 39.7 Å². The molecular weight excluding hydrogens is 387 g/mol. The van der Waals surface area contributed by atoms with Crippen LogP contribution in [0.4, 0.5) is 4.39 Å². The summed E-state index contributed by atoms with van der Waals surface area (Å²) in [7, 11) is 0. The number of para-hydroxylation sites is 1. The summed E-state index contributed by atoms with van der Waals surface area (Å²) in [6, 6.07) is 14.4. The van der Waals surface area contributed by atoms with E-state index in [0.29, 0.717) is 21.6 Å². The van der Waals surface area contributed by atoms with Crippen LogP contribution in [0.15, 0.2) is 48.5 Å². The Balaban J connectivity index is 0.00000210. The lowest BCUT2D eigenvalue weighted by molar-refractivity contribution is 0.0942. The normalized spacial score (nSPS) is 16.1. The minimum atomic E-state index is -0.327. The molecule has 3 aromatic rings. The molecule has 27 heavy (non-hydrogen) atoms. The van der Waals surface area contributed by atoms with Crippen LogP contribution in [0, 0.1) is 5.82 Å². The second-order valence-corrected chi connectivity index (χ2v) is 7.34. The Morgan fingerprint density at radius 3 is 2.78 bits per heavy atom. The third-order valence-corrected chi connectivity index (χ3v) is 5.69. The molecule has 0 bridgehead atoms. The van der Waals surface area contributed by atoms with Crippen LogP contribution in [0.5, 0.6) is 5.75 Å². The van der Waals surface area contributed by atoms with E-state index in [9.17, 15) is 9.18 Å². The first-order chi connectivity index (χ1) is 12.7. The van der Waals surface area contributed by atoms with Gasteiger partial charge in [-0.15, -0.1) is 23.7 Å². The summed E-state index contributed by atoms with van der Waals surface area (Å²) in [6.07, 6.45) is 0.904. The fourth-order valence-corrected chi connectivity index (χ4v) is 4.31. The third-order valence-electron chi connectivity index (χ3n) is 4.49. The van der Waals surface area contributed by atoms with Crippen LogP contribution in [0.3, 0.4) is 0 Å². The highest BCUT2D eigenvalue weighted by Gasteiger charge is 2.24. The van der Waals surface area contributed by atoms with E-state index in [1.165, 1.54) is 17.4 Å². The van der Waals surface area contributed by atoms with Crippen molar-refractivity contribution in [2.45, 2.75) is 19.1 Å². The maximum absolute atomic E-state index is 14.5. The zero-order valence-electron chi connectivity index (χ0n) is 14.5. The van der Waals surface area contributed by atoms with Gasteiger partial charge in [-0.05, 0) is 37.2 Å². The number of hydrogen-bond acceptors (Lipinski definition) is 4. The van der Waals surface area contributed by atoms with Gasteiger partial charge in [-0.3, -0.25) is 4.79 Å². The molecule has 0 spiro atoms. The van der Waals surface area contributed by atoms with Gasteiger partial charge in [0.25, 0.3) is 5.91 Å². The lowest BCUT2D eigenvalue weighted by Crippen LogP contribution is -2.36. The summed E-state index contributed by atoms with van der Waals surface area (Å²) in [6.45, 7) is 1.81. The van der Waals surface area contributed by atoms with Gasteiger partial charge in [0.2, 0.25) is 0 Å². The Morgan fingerprint density at radius 1 is 1.22 bits per heavy atom. The van der Waals surface area contributed by atoms with E-state index in [1.54, 1.807) is 6.07 Å². The lowest BCUT2D eigenvalue weighted by Gasteiger charge is -2.12. The predicted molar refractivity (Wildman–Crippen MR) is 109 cm³/mol. The van der Waals surface area contributed by atoms with E-state index in [-0.39, 0.29) is 36.8 Å². The monoisotopic (exact) mass is 406 g/mol. The van der Waals surface area contributed by atoms with Crippen molar-refractivity contribution in [3.63, 3.8) is 0 Å².